The van der Waals surface area contributed by atoms with Crippen molar-refractivity contribution in [3.63, 3.8) is 0 Å². The van der Waals surface area contributed by atoms with E-state index in [4.69, 9.17) is 0 Å². The molecule has 0 spiro atoms. The molecule has 0 aliphatic carbocycles. The third-order valence-corrected chi connectivity index (χ3v) is 4.67. The SMILES string of the molecule is CCNC(=NCCNC(=O)C(C)C)N1CC(C)(C)C1(C)C. The fourth-order valence-electron chi connectivity index (χ4n) is 2.34. The Morgan fingerprint density at radius 1 is 1.24 bits per heavy atom. The van der Waals surface area contributed by atoms with E-state index in [0.29, 0.717) is 13.1 Å². The van der Waals surface area contributed by atoms with Gasteiger partial charge in [0.05, 0.1) is 6.54 Å². The van der Waals surface area contributed by atoms with Gasteiger partial charge in [-0.3, -0.25) is 9.79 Å². The molecule has 1 amide bonds. The molecule has 0 aromatic heterocycles. The molecule has 122 valence electrons. The molecule has 2 N–H and O–H groups in total. The summed E-state index contributed by atoms with van der Waals surface area (Å²) in [7, 11) is 0. The highest BCUT2D eigenvalue weighted by Crippen LogP contribution is 2.46. The number of carbonyl (C=O) groups is 1. The number of rotatable bonds is 5. The van der Waals surface area contributed by atoms with Crippen LogP contribution in [0.2, 0.25) is 0 Å². The van der Waals surface area contributed by atoms with E-state index in [2.05, 4.69) is 55.1 Å². The number of amides is 1. The maximum absolute atomic E-state index is 11.5. The Bertz CT molecular complexity index is 399. The van der Waals surface area contributed by atoms with E-state index in [-0.39, 0.29) is 22.8 Å². The van der Waals surface area contributed by atoms with E-state index in [9.17, 15) is 4.79 Å². The van der Waals surface area contributed by atoms with Crippen molar-refractivity contribution in [1.29, 1.82) is 0 Å². The second-order valence-electron chi connectivity index (χ2n) is 7.21. The first-order chi connectivity index (χ1) is 9.63. The summed E-state index contributed by atoms with van der Waals surface area (Å²) in [5.41, 5.74) is 0.379. The molecular weight excluding hydrogens is 264 g/mol. The number of carbonyl (C=O) groups excluding carboxylic acids is 1. The van der Waals surface area contributed by atoms with Gasteiger partial charge in [-0.2, -0.15) is 0 Å². The largest absolute Gasteiger partial charge is 0.356 e. The molecule has 1 rings (SSSR count). The second-order valence-corrected chi connectivity index (χ2v) is 7.21. The molecule has 0 atom stereocenters. The zero-order valence-electron chi connectivity index (χ0n) is 14.7. The van der Waals surface area contributed by atoms with Gasteiger partial charge < -0.3 is 15.5 Å². The van der Waals surface area contributed by atoms with Crippen molar-refractivity contribution < 1.29 is 4.79 Å². The van der Waals surface area contributed by atoms with Crippen LogP contribution in [0.25, 0.3) is 0 Å². The van der Waals surface area contributed by atoms with Crippen LogP contribution in [0.3, 0.4) is 0 Å². The Morgan fingerprint density at radius 3 is 2.29 bits per heavy atom. The van der Waals surface area contributed by atoms with Crippen molar-refractivity contribution in [2.45, 2.75) is 54.0 Å². The lowest BCUT2D eigenvalue weighted by Gasteiger charge is -2.62. The summed E-state index contributed by atoms with van der Waals surface area (Å²) in [4.78, 5) is 18.5. The fourth-order valence-corrected chi connectivity index (χ4v) is 2.34. The van der Waals surface area contributed by atoms with Crippen LogP contribution in [-0.4, -0.2) is 48.5 Å². The van der Waals surface area contributed by atoms with E-state index < -0.39 is 0 Å². The summed E-state index contributed by atoms with van der Waals surface area (Å²) >= 11 is 0. The van der Waals surface area contributed by atoms with Gasteiger partial charge >= 0.3 is 0 Å². The Hall–Kier alpha value is -1.26. The first-order valence-electron chi connectivity index (χ1n) is 7.97. The Balaban J connectivity index is 2.58. The fraction of sp³-hybridized carbons (Fsp3) is 0.875. The van der Waals surface area contributed by atoms with E-state index in [1.165, 1.54) is 0 Å². The summed E-state index contributed by atoms with van der Waals surface area (Å²) in [6.45, 7) is 18.0. The van der Waals surface area contributed by atoms with Gasteiger partial charge in [-0.25, -0.2) is 0 Å². The van der Waals surface area contributed by atoms with Crippen LogP contribution in [0.15, 0.2) is 4.99 Å². The first-order valence-corrected chi connectivity index (χ1v) is 7.97. The molecule has 0 unspecified atom stereocenters. The number of aliphatic imine (C=N–C) groups is 1. The van der Waals surface area contributed by atoms with Crippen LogP contribution in [0, 0.1) is 11.3 Å². The van der Waals surface area contributed by atoms with Crippen LogP contribution in [-0.2, 0) is 4.79 Å². The molecule has 5 nitrogen and oxygen atoms in total. The maximum atomic E-state index is 11.5. The number of likely N-dealkylation sites (tertiary alicyclic amines) is 1. The van der Waals surface area contributed by atoms with Gasteiger partial charge in [0.25, 0.3) is 0 Å². The van der Waals surface area contributed by atoms with Crippen molar-refractivity contribution in [3.05, 3.63) is 0 Å². The van der Waals surface area contributed by atoms with E-state index in [1.807, 2.05) is 13.8 Å². The van der Waals surface area contributed by atoms with E-state index >= 15 is 0 Å². The van der Waals surface area contributed by atoms with Crippen LogP contribution in [0.4, 0.5) is 0 Å². The summed E-state index contributed by atoms with van der Waals surface area (Å²) < 4.78 is 0. The standard InChI is InChI=1S/C16H32N4O/c1-8-17-14(19-10-9-18-13(21)12(2)3)20-11-15(4,5)16(20,6)7/h12H,8-11H2,1-7H3,(H,17,19)(H,18,21). The maximum Gasteiger partial charge on any atom is 0.222 e. The monoisotopic (exact) mass is 296 g/mol. The Morgan fingerprint density at radius 2 is 1.86 bits per heavy atom. The third kappa shape index (κ3) is 3.89. The molecule has 1 saturated heterocycles. The lowest BCUT2D eigenvalue weighted by Crippen LogP contribution is -2.72. The van der Waals surface area contributed by atoms with Crippen LogP contribution in [0.1, 0.15) is 48.5 Å². The van der Waals surface area contributed by atoms with Gasteiger partial charge in [0.15, 0.2) is 5.96 Å². The highest BCUT2D eigenvalue weighted by molar-refractivity contribution is 5.82. The second kappa shape index (κ2) is 6.67. The number of hydrogen-bond donors (Lipinski definition) is 2. The number of nitrogens with zero attached hydrogens (tertiary/aromatic N) is 2. The highest BCUT2D eigenvalue weighted by Gasteiger charge is 2.53. The summed E-state index contributed by atoms with van der Waals surface area (Å²) in [5.74, 6) is 1.05. The van der Waals surface area contributed by atoms with Crippen LogP contribution < -0.4 is 10.6 Å². The molecule has 1 fully saturated rings. The first kappa shape index (κ1) is 17.8. The average molecular weight is 296 g/mol. The van der Waals surface area contributed by atoms with E-state index in [0.717, 1.165) is 19.0 Å². The smallest absolute Gasteiger partial charge is 0.222 e. The normalized spacial score (nSPS) is 20.2. The van der Waals surface area contributed by atoms with Gasteiger partial charge in [-0.05, 0) is 20.8 Å². The molecular formula is C16H32N4O. The molecule has 0 aromatic rings. The Labute approximate surface area is 129 Å². The molecule has 0 aromatic carbocycles. The van der Waals surface area contributed by atoms with Gasteiger partial charge in [0.1, 0.15) is 0 Å². The van der Waals surface area contributed by atoms with Gasteiger partial charge in [-0.1, -0.05) is 27.7 Å². The lowest BCUT2D eigenvalue weighted by molar-refractivity contribution is -0.123. The number of hydrogen-bond acceptors (Lipinski definition) is 2. The van der Waals surface area contributed by atoms with Gasteiger partial charge in [-0.15, -0.1) is 0 Å². The van der Waals surface area contributed by atoms with Crippen LogP contribution >= 0.6 is 0 Å². The lowest BCUT2D eigenvalue weighted by atomic mass is 9.65. The highest BCUT2D eigenvalue weighted by atomic mass is 16.1. The summed E-state index contributed by atoms with van der Waals surface area (Å²) in [5, 5.41) is 6.25. The average Bonchev–Trinajstić information content (AvgIpc) is 2.39. The van der Waals surface area contributed by atoms with Crippen LogP contribution in [0.5, 0.6) is 0 Å². The minimum absolute atomic E-state index is 0.0253. The Kier molecular flexibility index (Phi) is 5.65. The summed E-state index contributed by atoms with van der Waals surface area (Å²) in [6.07, 6.45) is 0. The van der Waals surface area contributed by atoms with Crippen molar-refractivity contribution in [2.75, 3.05) is 26.2 Å². The predicted octanol–water partition coefficient (Wildman–Crippen LogP) is 1.84. The number of nitrogens with one attached hydrogen (secondary N) is 2. The van der Waals surface area contributed by atoms with Crippen molar-refractivity contribution in [1.82, 2.24) is 15.5 Å². The molecule has 1 aliphatic rings. The van der Waals surface area contributed by atoms with E-state index in [1.54, 1.807) is 0 Å². The molecule has 0 bridgehead atoms. The molecule has 1 aliphatic heterocycles. The minimum Gasteiger partial charge on any atom is -0.356 e. The zero-order valence-corrected chi connectivity index (χ0v) is 14.7. The number of guanidine groups is 1. The molecule has 1 heterocycles. The van der Waals surface area contributed by atoms with Crippen molar-refractivity contribution in [3.8, 4) is 0 Å². The van der Waals surface area contributed by atoms with Crippen molar-refractivity contribution >= 4 is 11.9 Å². The molecule has 21 heavy (non-hydrogen) atoms. The quantitative estimate of drug-likeness (QED) is 0.462. The zero-order chi connectivity index (χ0) is 16.3. The molecule has 5 heteroatoms. The van der Waals surface area contributed by atoms with Crippen molar-refractivity contribution in [2.24, 2.45) is 16.3 Å². The molecule has 0 saturated carbocycles. The predicted molar refractivity (Wildman–Crippen MR) is 88.4 cm³/mol. The summed E-state index contributed by atoms with van der Waals surface area (Å²) in [6, 6.07) is 0. The third-order valence-electron chi connectivity index (χ3n) is 4.67. The van der Waals surface area contributed by atoms with Gasteiger partial charge in [0.2, 0.25) is 5.91 Å². The molecule has 0 radical (unpaired) electrons. The topological polar surface area (TPSA) is 56.7 Å². The van der Waals surface area contributed by atoms with Gasteiger partial charge in [0, 0.05) is 36.5 Å². The minimum atomic E-state index is 0.0253.